The maximum absolute atomic E-state index is 12.2. The molecule has 1 amide bonds. The summed E-state index contributed by atoms with van der Waals surface area (Å²) in [5.74, 6) is 0.496. The highest BCUT2D eigenvalue weighted by Gasteiger charge is 2.30. The minimum absolute atomic E-state index is 0.0427. The summed E-state index contributed by atoms with van der Waals surface area (Å²) in [6.45, 7) is 0.495. The molecular weight excluding hydrogens is 228 g/mol. The average Bonchev–Trinajstić information content (AvgIpc) is 2.76. The van der Waals surface area contributed by atoms with Gasteiger partial charge in [-0.1, -0.05) is 18.2 Å². The summed E-state index contributed by atoms with van der Waals surface area (Å²) in [4.78, 5) is 22.3. The van der Waals surface area contributed by atoms with Crippen LogP contribution in [0.1, 0.15) is 16.1 Å². The first-order valence-electron chi connectivity index (χ1n) is 5.70. The summed E-state index contributed by atoms with van der Waals surface area (Å²) in [5.41, 5.74) is 2.23. The molecule has 18 heavy (non-hydrogen) atoms. The van der Waals surface area contributed by atoms with Crippen molar-refractivity contribution in [1.82, 2.24) is 9.97 Å². The van der Waals surface area contributed by atoms with Crippen LogP contribution in [0.2, 0.25) is 0 Å². The minimum atomic E-state index is -0.0427. The summed E-state index contributed by atoms with van der Waals surface area (Å²) < 4.78 is 0. The quantitative estimate of drug-likeness (QED) is 0.867. The van der Waals surface area contributed by atoms with Crippen molar-refractivity contribution >= 4 is 17.5 Å². The molecule has 0 bridgehead atoms. The lowest BCUT2D eigenvalue weighted by Crippen LogP contribution is -2.22. The van der Waals surface area contributed by atoms with Crippen LogP contribution < -0.4 is 10.2 Å². The van der Waals surface area contributed by atoms with Gasteiger partial charge in [0.1, 0.15) is 0 Å². The smallest absolute Gasteiger partial charge is 0.262 e. The fourth-order valence-electron chi connectivity index (χ4n) is 2.02. The lowest BCUT2D eigenvalue weighted by molar-refractivity contribution is 0.0996. The standard InChI is InChI=1S/C13H12N4O/c1-14-13-15-7-10-11(16-13)8-17(12(10)18)9-5-3-2-4-6-9/h2-7H,8H2,1H3,(H,14,15,16). The molecule has 0 fully saturated rings. The van der Waals surface area contributed by atoms with Gasteiger partial charge in [-0.2, -0.15) is 0 Å². The molecule has 2 heterocycles. The summed E-state index contributed by atoms with van der Waals surface area (Å²) in [7, 11) is 1.76. The predicted octanol–water partition coefficient (Wildman–Crippen LogP) is 1.68. The Morgan fingerprint density at radius 2 is 2.06 bits per heavy atom. The van der Waals surface area contributed by atoms with Crippen LogP contribution in [0.3, 0.4) is 0 Å². The van der Waals surface area contributed by atoms with Gasteiger partial charge in [-0.25, -0.2) is 9.97 Å². The predicted molar refractivity (Wildman–Crippen MR) is 68.5 cm³/mol. The molecule has 0 atom stereocenters. The van der Waals surface area contributed by atoms with Crippen molar-refractivity contribution in [2.75, 3.05) is 17.3 Å². The molecule has 1 aliphatic rings. The monoisotopic (exact) mass is 240 g/mol. The van der Waals surface area contributed by atoms with Gasteiger partial charge in [-0.15, -0.1) is 0 Å². The largest absolute Gasteiger partial charge is 0.357 e. The molecule has 0 saturated carbocycles. The first-order valence-corrected chi connectivity index (χ1v) is 5.70. The van der Waals surface area contributed by atoms with Gasteiger partial charge < -0.3 is 10.2 Å². The van der Waals surface area contributed by atoms with Gasteiger partial charge in [0.15, 0.2) is 0 Å². The van der Waals surface area contributed by atoms with Gasteiger partial charge in [0.25, 0.3) is 5.91 Å². The molecule has 5 heteroatoms. The molecule has 1 N–H and O–H groups in total. The SMILES string of the molecule is CNc1ncc2c(n1)CN(c1ccccc1)C2=O. The third-order valence-corrected chi connectivity index (χ3v) is 2.94. The third-order valence-electron chi connectivity index (χ3n) is 2.94. The number of fused-ring (bicyclic) bond motifs is 1. The highest BCUT2D eigenvalue weighted by Crippen LogP contribution is 2.26. The number of rotatable bonds is 2. The van der Waals surface area contributed by atoms with Gasteiger partial charge >= 0.3 is 0 Å². The lowest BCUT2D eigenvalue weighted by Gasteiger charge is -2.14. The second-order valence-corrected chi connectivity index (χ2v) is 4.03. The highest BCUT2D eigenvalue weighted by atomic mass is 16.2. The molecule has 0 saturated heterocycles. The van der Waals surface area contributed by atoms with E-state index in [1.54, 1.807) is 18.1 Å². The first-order chi connectivity index (χ1) is 8.79. The number of para-hydroxylation sites is 1. The normalized spacial score (nSPS) is 13.6. The van der Waals surface area contributed by atoms with Gasteiger partial charge in [-0.05, 0) is 12.1 Å². The van der Waals surface area contributed by atoms with Crippen LogP contribution in [0.15, 0.2) is 36.5 Å². The zero-order valence-corrected chi connectivity index (χ0v) is 9.92. The zero-order chi connectivity index (χ0) is 12.5. The summed E-state index contributed by atoms with van der Waals surface area (Å²) in [5, 5.41) is 2.87. The summed E-state index contributed by atoms with van der Waals surface area (Å²) >= 11 is 0. The lowest BCUT2D eigenvalue weighted by atomic mass is 10.3. The van der Waals surface area contributed by atoms with E-state index in [1.165, 1.54) is 0 Å². The third kappa shape index (κ3) is 1.60. The average molecular weight is 240 g/mol. The van der Waals surface area contributed by atoms with Crippen molar-refractivity contribution in [3.63, 3.8) is 0 Å². The molecule has 0 unspecified atom stereocenters. The number of carbonyl (C=O) groups is 1. The summed E-state index contributed by atoms with van der Waals surface area (Å²) in [6.07, 6.45) is 1.58. The number of amides is 1. The van der Waals surface area contributed by atoms with E-state index in [1.807, 2.05) is 30.3 Å². The van der Waals surface area contributed by atoms with E-state index in [9.17, 15) is 4.79 Å². The van der Waals surface area contributed by atoms with Crippen molar-refractivity contribution in [2.24, 2.45) is 0 Å². The number of aromatic nitrogens is 2. The van der Waals surface area contributed by atoms with Crippen molar-refractivity contribution < 1.29 is 4.79 Å². The number of hydrogen-bond donors (Lipinski definition) is 1. The molecule has 90 valence electrons. The second kappa shape index (κ2) is 4.10. The zero-order valence-electron chi connectivity index (χ0n) is 9.92. The van der Waals surface area contributed by atoms with E-state index >= 15 is 0 Å². The summed E-state index contributed by atoms with van der Waals surface area (Å²) in [6, 6.07) is 9.58. The van der Waals surface area contributed by atoms with E-state index in [-0.39, 0.29) is 5.91 Å². The van der Waals surface area contributed by atoms with E-state index in [4.69, 9.17) is 0 Å². The van der Waals surface area contributed by atoms with Crippen molar-refractivity contribution in [2.45, 2.75) is 6.54 Å². The van der Waals surface area contributed by atoms with Crippen LogP contribution in [0.5, 0.6) is 0 Å². The number of anilines is 2. The molecule has 1 aromatic carbocycles. The van der Waals surface area contributed by atoms with Crippen molar-refractivity contribution in [3.05, 3.63) is 47.8 Å². The number of nitrogens with zero attached hydrogens (tertiary/aromatic N) is 3. The Bertz CT molecular complexity index is 597. The van der Waals surface area contributed by atoms with E-state index in [0.29, 0.717) is 18.1 Å². The van der Waals surface area contributed by atoms with E-state index in [2.05, 4.69) is 15.3 Å². The molecular formula is C13H12N4O. The van der Waals surface area contributed by atoms with Gasteiger partial charge in [0.2, 0.25) is 5.95 Å². The van der Waals surface area contributed by atoms with Crippen LogP contribution >= 0.6 is 0 Å². The molecule has 5 nitrogen and oxygen atoms in total. The first kappa shape index (κ1) is 10.7. The molecule has 0 radical (unpaired) electrons. The van der Waals surface area contributed by atoms with Gasteiger partial charge in [0, 0.05) is 18.9 Å². The maximum atomic E-state index is 12.2. The molecule has 0 spiro atoms. The number of carbonyl (C=O) groups excluding carboxylic acids is 1. The topological polar surface area (TPSA) is 58.1 Å². The Kier molecular flexibility index (Phi) is 2.44. The molecule has 1 aromatic heterocycles. The second-order valence-electron chi connectivity index (χ2n) is 4.03. The van der Waals surface area contributed by atoms with Crippen molar-refractivity contribution in [3.8, 4) is 0 Å². The Morgan fingerprint density at radius 3 is 2.78 bits per heavy atom. The van der Waals surface area contributed by atoms with E-state index in [0.717, 1.165) is 11.4 Å². The van der Waals surface area contributed by atoms with Crippen LogP contribution in [-0.4, -0.2) is 22.9 Å². The van der Waals surface area contributed by atoms with Crippen molar-refractivity contribution in [1.29, 1.82) is 0 Å². The van der Waals surface area contributed by atoms with Gasteiger partial charge in [0.05, 0.1) is 17.8 Å². The van der Waals surface area contributed by atoms with Crippen LogP contribution in [0, 0.1) is 0 Å². The minimum Gasteiger partial charge on any atom is -0.357 e. The molecule has 2 aromatic rings. The Labute approximate surface area is 104 Å². The molecule has 3 rings (SSSR count). The number of hydrogen-bond acceptors (Lipinski definition) is 4. The molecule has 0 aliphatic carbocycles. The van der Waals surface area contributed by atoms with Crippen LogP contribution in [-0.2, 0) is 6.54 Å². The van der Waals surface area contributed by atoms with E-state index < -0.39 is 0 Å². The van der Waals surface area contributed by atoms with Crippen LogP contribution in [0.25, 0.3) is 0 Å². The fourth-order valence-corrected chi connectivity index (χ4v) is 2.02. The van der Waals surface area contributed by atoms with Gasteiger partial charge in [-0.3, -0.25) is 4.79 Å². The number of benzene rings is 1. The number of nitrogens with one attached hydrogen (secondary N) is 1. The van der Waals surface area contributed by atoms with Crippen LogP contribution in [0.4, 0.5) is 11.6 Å². The maximum Gasteiger partial charge on any atom is 0.262 e. The highest BCUT2D eigenvalue weighted by molar-refractivity contribution is 6.09. The molecule has 1 aliphatic heterocycles. The fraction of sp³-hybridized carbons (Fsp3) is 0.154. The Morgan fingerprint density at radius 1 is 1.28 bits per heavy atom. The Hall–Kier alpha value is -2.43. The Balaban J connectivity index is 1.99.